The van der Waals surface area contributed by atoms with Crippen LogP contribution in [0.25, 0.3) is 0 Å². The van der Waals surface area contributed by atoms with Gasteiger partial charge in [-0.2, -0.15) is 0 Å². The van der Waals surface area contributed by atoms with E-state index in [0.29, 0.717) is 12.2 Å². The number of carbonyl (C=O) groups excluding carboxylic acids is 1. The highest BCUT2D eigenvalue weighted by molar-refractivity contribution is 5.95. The van der Waals surface area contributed by atoms with Gasteiger partial charge >= 0.3 is 0 Å². The third-order valence-corrected chi connectivity index (χ3v) is 2.47. The van der Waals surface area contributed by atoms with E-state index in [1.54, 1.807) is 13.1 Å². The highest BCUT2D eigenvalue weighted by Gasteiger charge is 2.15. The molecule has 92 valence electrons. The van der Waals surface area contributed by atoms with E-state index in [1.165, 1.54) is 23.1 Å². The van der Waals surface area contributed by atoms with Gasteiger partial charge in [0.05, 0.1) is 5.56 Å². The molecule has 3 nitrogen and oxygen atoms in total. The lowest BCUT2D eigenvalue weighted by Crippen LogP contribution is -2.28. The molecule has 0 spiro atoms. The van der Waals surface area contributed by atoms with Crippen LogP contribution in [-0.2, 0) is 0 Å². The van der Waals surface area contributed by atoms with E-state index in [2.05, 4.69) is 6.58 Å². The Morgan fingerprint density at radius 1 is 1.59 bits per heavy atom. The van der Waals surface area contributed by atoms with Crippen LogP contribution in [0, 0.1) is 5.82 Å². The molecule has 0 saturated heterocycles. The molecule has 0 aliphatic carbocycles. The third-order valence-electron chi connectivity index (χ3n) is 2.47. The van der Waals surface area contributed by atoms with E-state index in [1.807, 2.05) is 0 Å². The van der Waals surface area contributed by atoms with Crippen molar-refractivity contribution >= 4 is 11.6 Å². The van der Waals surface area contributed by atoms with Gasteiger partial charge in [0.2, 0.25) is 0 Å². The minimum atomic E-state index is -0.542. The minimum Gasteiger partial charge on any atom is -0.399 e. The lowest BCUT2D eigenvalue weighted by molar-refractivity contribution is 0.0789. The van der Waals surface area contributed by atoms with Gasteiger partial charge in [-0.05, 0) is 31.0 Å². The van der Waals surface area contributed by atoms with E-state index < -0.39 is 5.82 Å². The lowest BCUT2D eigenvalue weighted by Gasteiger charge is -2.17. The van der Waals surface area contributed by atoms with Crippen LogP contribution in [0.2, 0.25) is 0 Å². The topological polar surface area (TPSA) is 46.3 Å². The Labute approximate surface area is 101 Å². The number of halogens is 1. The summed E-state index contributed by atoms with van der Waals surface area (Å²) in [4.78, 5) is 13.4. The van der Waals surface area contributed by atoms with Crippen molar-refractivity contribution < 1.29 is 9.18 Å². The average molecular weight is 236 g/mol. The molecular formula is C13H17FN2O. The average Bonchev–Trinajstić information content (AvgIpc) is 2.31. The molecule has 0 aliphatic rings. The van der Waals surface area contributed by atoms with Gasteiger partial charge in [-0.3, -0.25) is 4.79 Å². The SMILES string of the molecule is C=CCCCN(C)C(=O)c1cc(N)ccc1F. The Kier molecular flexibility index (Phi) is 4.69. The first-order valence-corrected chi connectivity index (χ1v) is 5.47. The summed E-state index contributed by atoms with van der Waals surface area (Å²) in [6.07, 6.45) is 3.44. The number of nitrogens with zero attached hydrogens (tertiary/aromatic N) is 1. The number of nitrogens with two attached hydrogens (primary N) is 1. The molecular weight excluding hydrogens is 219 g/mol. The van der Waals surface area contributed by atoms with Gasteiger partial charge in [0, 0.05) is 19.3 Å². The first-order chi connectivity index (χ1) is 8.06. The van der Waals surface area contributed by atoms with Gasteiger partial charge in [0.1, 0.15) is 5.82 Å². The normalized spacial score (nSPS) is 10.0. The van der Waals surface area contributed by atoms with Crippen LogP contribution < -0.4 is 5.73 Å². The molecule has 0 fully saturated rings. The lowest BCUT2D eigenvalue weighted by atomic mass is 10.1. The molecule has 17 heavy (non-hydrogen) atoms. The molecule has 0 saturated carbocycles. The number of carbonyl (C=O) groups is 1. The maximum Gasteiger partial charge on any atom is 0.256 e. The van der Waals surface area contributed by atoms with E-state index in [4.69, 9.17) is 5.73 Å². The van der Waals surface area contributed by atoms with E-state index in [9.17, 15) is 9.18 Å². The Morgan fingerprint density at radius 3 is 2.94 bits per heavy atom. The van der Waals surface area contributed by atoms with E-state index >= 15 is 0 Å². The second-order valence-corrected chi connectivity index (χ2v) is 3.90. The molecule has 1 rings (SSSR count). The molecule has 0 atom stereocenters. The highest BCUT2D eigenvalue weighted by atomic mass is 19.1. The summed E-state index contributed by atoms with van der Waals surface area (Å²) in [7, 11) is 1.65. The molecule has 0 aromatic heterocycles. The monoisotopic (exact) mass is 236 g/mol. The van der Waals surface area contributed by atoms with Gasteiger partial charge in [-0.25, -0.2) is 4.39 Å². The zero-order valence-corrected chi connectivity index (χ0v) is 9.95. The molecule has 0 unspecified atom stereocenters. The summed E-state index contributed by atoms with van der Waals surface area (Å²) in [6, 6.07) is 4.01. The predicted molar refractivity (Wildman–Crippen MR) is 67.2 cm³/mol. The number of hydrogen-bond acceptors (Lipinski definition) is 2. The van der Waals surface area contributed by atoms with Crippen molar-refractivity contribution in [3.05, 3.63) is 42.2 Å². The summed E-state index contributed by atoms with van der Waals surface area (Å²) in [6.45, 7) is 4.17. The van der Waals surface area contributed by atoms with Crippen molar-refractivity contribution in [3.63, 3.8) is 0 Å². The Hall–Kier alpha value is -1.84. The van der Waals surface area contributed by atoms with E-state index in [0.717, 1.165) is 12.8 Å². The molecule has 1 aromatic carbocycles. The summed E-state index contributed by atoms with van der Waals surface area (Å²) in [5, 5.41) is 0. The molecule has 0 bridgehead atoms. The second-order valence-electron chi connectivity index (χ2n) is 3.90. The number of amides is 1. The molecule has 0 aliphatic heterocycles. The van der Waals surface area contributed by atoms with Gasteiger partial charge in [-0.1, -0.05) is 6.08 Å². The Morgan fingerprint density at radius 2 is 2.29 bits per heavy atom. The van der Waals surface area contributed by atoms with Crippen LogP contribution in [0.5, 0.6) is 0 Å². The van der Waals surface area contributed by atoms with Crippen molar-refractivity contribution in [2.45, 2.75) is 12.8 Å². The van der Waals surface area contributed by atoms with Gasteiger partial charge in [0.25, 0.3) is 5.91 Å². The standard InChI is InChI=1S/C13H17FN2O/c1-3-4-5-8-16(2)13(17)11-9-10(15)6-7-12(11)14/h3,6-7,9H,1,4-5,8,15H2,2H3. The highest BCUT2D eigenvalue weighted by Crippen LogP contribution is 2.14. The quantitative estimate of drug-likeness (QED) is 0.485. The van der Waals surface area contributed by atoms with Crippen LogP contribution in [-0.4, -0.2) is 24.4 Å². The molecule has 0 radical (unpaired) electrons. The van der Waals surface area contributed by atoms with E-state index in [-0.39, 0.29) is 11.5 Å². The van der Waals surface area contributed by atoms with Gasteiger partial charge in [0.15, 0.2) is 0 Å². The van der Waals surface area contributed by atoms with Crippen molar-refractivity contribution in [1.29, 1.82) is 0 Å². The fourth-order valence-corrected chi connectivity index (χ4v) is 1.49. The first-order valence-electron chi connectivity index (χ1n) is 5.47. The zero-order chi connectivity index (χ0) is 12.8. The first kappa shape index (κ1) is 13.2. The largest absolute Gasteiger partial charge is 0.399 e. The summed E-state index contributed by atoms with van der Waals surface area (Å²) in [5.74, 6) is -0.890. The number of allylic oxidation sites excluding steroid dienone is 1. The Balaban J connectivity index is 2.74. The van der Waals surface area contributed by atoms with Gasteiger partial charge in [-0.15, -0.1) is 6.58 Å². The molecule has 1 aromatic rings. The van der Waals surface area contributed by atoms with Crippen molar-refractivity contribution in [1.82, 2.24) is 4.90 Å². The van der Waals surface area contributed by atoms with Crippen LogP contribution >= 0.6 is 0 Å². The van der Waals surface area contributed by atoms with Crippen molar-refractivity contribution in [2.24, 2.45) is 0 Å². The fourth-order valence-electron chi connectivity index (χ4n) is 1.49. The number of anilines is 1. The van der Waals surface area contributed by atoms with Crippen LogP contribution in [0.15, 0.2) is 30.9 Å². The zero-order valence-electron chi connectivity index (χ0n) is 9.95. The molecule has 1 amide bonds. The van der Waals surface area contributed by atoms with Crippen molar-refractivity contribution in [2.75, 3.05) is 19.3 Å². The smallest absolute Gasteiger partial charge is 0.256 e. The fraction of sp³-hybridized carbons (Fsp3) is 0.308. The maximum absolute atomic E-state index is 13.4. The number of benzene rings is 1. The third kappa shape index (κ3) is 3.59. The summed E-state index contributed by atoms with van der Waals surface area (Å²) >= 11 is 0. The number of rotatable bonds is 5. The summed E-state index contributed by atoms with van der Waals surface area (Å²) in [5.41, 5.74) is 5.94. The molecule has 0 heterocycles. The van der Waals surface area contributed by atoms with Crippen LogP contribution in [0.4, 0.5) is 10.1 Å². The summed E-state index contributed by atoms with van der Waals surface area (Å²) < 4.78 is 13.4. The number of hydrogen-bond donors (Lipinski definition) is 1. The van der Waals surface area contributed by atoms with Crippen LogP contribution in [0.1, 0.15) is 23.2 Å². The maximum atomic E-state index is 13.4. The van der Waals surface area contributed by atoms with Crippen molar-refractivity contribution in [3.8, 4) is 0 Å². The number of unbranched alkanes of at least 4 members (excludes halogenated alkanes) is 1. The predicted octanol–water partition coefficient (Wildman–Crippen LogP) is 2.45. The molecule has 2 N–H and O–H groups in total. The van der Waals surface area contributed by atoms with Gasteiger partial charge < -0.3 is 10.6 Å². The second kappa shape index (κ2) is 6.03. The molecule has 4 heteroatoms. The Bertz CT molecular complexity index is 418. The number of nitrogen functional groups attached to an aromatic ring is 1. The minimum absolute atomic E-state index is 0.0195. The van der Waals surface area contributed by atoms with Crippen LogP contribution in [0.3, 0.4) is 0 Å².